The lowest BCUT2D eigenvalue weighted by molar-refractivity contribution is -0.0254. The largest absolute Gasteiger partial charge is 0.497 e. The van der Waals surface area contributed by atoms with Gasteiger partial charge in [0.1, 0.15) is 5.75 Å². The lowest BCUT2D eigenvalue weighted by atomic mass is 10.2. The fourth-order valence-corrected chi connectivity index (χ4v) is 3.44. The first kappa shape index (κ1) is 18.5. The zero-order chi connectivity index (χ0) is 17.5. The van der Waals surface area contributed by atoms with Crippen LogP contribution in [0.15, 0.2) is 24.3 Å². The minimum absolute atomic E-state index is 0.222. The van der Waals surface area contributed by atoms with E-state index in [0.29, 0.717) is 19.8 Å². The predicted molar refractivity (Wildman–Crippen MR) is 97.4 cm³/mol. The number of β-amino-alcohol motifs (C(OH)–C–C–N with tert-alkyl or cyclic N) is 1. The van der Waals surface area contributed by atoms with Crippen LogP contribution in [-0.2, 0) is 9.47 Å². The van der Waals surface area contributed by atoms with Gasteiger partial charge in [0.2, 0.25) is 0 Å². The highest BCUT2D eigenvalue weighted by atomic mass is 16.5. The molecule has 3 rings (SSSR count). The van der Waals surface area contributed by atoms with E-state index in [1.165, 1.54) is 5.69 Å². The predicted octanol–water partition coefficient (Wildman–Crippen LogP) is 1.37. The summed E-state index contributed by atoms with van der Waals surface area (Å²) < 4.78 is 16.3. The average molecular weight is 350 g/mol. The first-order valence-electron chi connectivity index (χ1n) is 9.23. The summed E-state index contributed by atoms with van der Waals surface area (Å²) in [7, 11) is 1.68. The van der Waals surface area contributed by atoms with Crippen molar-refractivity contribution in [1.29, 1.82) is 0 Å². The Balaban J connectivity index is 1.33. The molecule has 0 aromatic heterocycles. The SMILES string of the molecule is COc1ccc(N2CCN(C[C@@H](O)COC[C@@H]3CCCO3)CC2)cc1. The summed E-state index contributed by atoms with van der Waals surface area (Å²) in [6.07, 6.45) is 1.98. The van der Waals surface area contributed by atoms with E-state index in [4.69, 9.17) is 14.2 Å². The molecule has 25 heavy (non-hydrogen) atoms. The number of nitrogens with zero attached hydrogens (tertiary/aromatic N) is 2. The third-order valence-electron chi connectivity index (χ3n) is 4.92. The van der Waals surface area contributed by atoms with E-state index in [1.807, 2.05) is 12.1 Å². The Labute approximate surface area is 150 Å². The topological polar surface area (TPSA) is 54.4 Å². The van der Waals surface area contributed by atoms with Gasteiger partial charge in [0.05, 0.1) is 32.5 Å². The van der Waals surface area contributed by atoms with Gasteiger partial charge in [-0.2, -0.15) is 0 Å². The molecule has 0 aliphatic carbocycles. The third-order valence-corrected chi connectivity index (χ3v) is 4.92. The molecular formula is C19H30N2O4. The van der Waals surface area contributed by atoms with E-state index in [2.05, 4.69) is 21.9 Å². The molecule has 2 atom stereocenters. The molecule has 1 N–H and O–H groups in total. The number of methoxy groups -OCH3 is 1. The monoisotopic (exact) mass is 350 g/mol. The van der Waals surface area contributed by atoms with E-state index in [-0.39, 0.29) is 6.10 Å². The van der Waals surface area contributed by atoms with E-state index in [1.54, 1.807) is 7.11 Å². The highest BCUT2D eigenvalue weighted by Gasteiger charge is 2.20. The number of hydrogen-bond donors (Lipinski definition) is 1. The van der Waals surface area contributed by atoms with Crippen LogP contribution in [0.25, 0.3) is 0 Å². The highest BCUT2D eigenvalue weighted by Crippen LogP contribution is 2.20. The van der Waals surface area contributed by atoms with Gasteiger partial charge < -0.3 is 24.2 Å². The molecular weight excluding hydrogens is 320 g/mol. The van der Waals surface area contributed by atoms with E-state index in [0.717, 1.165) is 51.4 Å². The molecule has 2 fully saturated rings. The van der Waals surface area contributed by atoms with Crippen molar-refractivity contribution in [2.75, 3.05) is 64.6 Å². The summed E-state index contributed by atoms with van der Waals surface area (Å²) in [5.74, 6) is 0.883. The highest BCUT2D eigenvalue weighted by molar-refractivity contribution is 5.49. The molecule has 0 amide bonds. The van der Waals surface area contributed by atoms with Gasteiger partial charge in [0.25, 0.3) is 0 Å². The Hall–Kier alpha value is -1.34. The second-order valence-electron chi connectivity index (χ2n) is 6.81. The van der Waals surface area contributed by atoms with Crippen molar-refractivity contribution in [2.24, 2.45) is 0 Å². The molecule has 0 radical (unpaired) electrons. The molecule has 0 unspecified atom stereocenters. The molecule has 1 aromatic carbocycles. The van der Waals surface area contributed by atoms with Gasteiger partial charge >= 0.3 is 0 Å². The van der Waals surface area contributed by atoms with Gasteiger partial charge in [0, 0.05) is 45.0 Å². The van der Waals surface area contributed by atoms with Crippen LogP contribution < -0.4 is 9.64 Å². The maximum absolute atomic E-state index is 10.2. The van der Waals surface area contributed by atoms with Crippen LogP contribution in [0.3, 0.4) is 0 Å². The van der Waals surface area contributed by atoms with Crippen LogP contribution in [0.2, 0.25) is 0 Å². The molecule has 6 nitrogen and oxygen atoms in total. The third kappa shape index (κ3) is 5.57. The quantitative estimate of drug-likeness (QED) is 0.764. The number of aliphatic hydroxyl groups excluding tert-OH is 1. The lowest BCUT2D eigenvalue weighted by Crippen LogP contribution is -2.49. The van der Waals surface area contributed by atoms with Gasteiger partial charge in [-0.1, -0.05) is 0 Å². The Kier molecular flexibility index (Phi) is 6.93. The zero-order valence-corrected chi connectivity index (χ0v) is 15.1. The standard InChI is InChI=1S/C19H30N2O4/c1-23-18-6-4-16(5-7-18)21-10-8-20(9-11-21)13-17(22)14-24-15-19-3-2-12-25-19/h4-7,17,19,22H,2-3,8-15H2,1H3/t17-,19+/m1/s1. The lowest BCUT2D eigenvalue weighted by Gasteiger charge is -2.37. The molecule has 2 aliphatic rings. The fraction of sp³-hybridized carbons (Fsp3) is 0.684. The first-order chi connectivity index (χ1) is 12.2. The summed E-state index contributed by atoms with van der Waals surface area (Å²) in [5, 5.41) is 10.2. The van der Waals surface area contributed by atoms with Crippen molar-refractivity contribution in [1.82, 2.24) is 4.90 Å². The Morgan fingerprint density at radius 1 is 1.20 bits per heavy atom. The number of benzene rings is 1. The number of ether oxygens (including phenoxy) is 3. The van der Waals surface area contributed by atoms with Crippen molar-refractivity contribution in [3.05, 3.63) is 24.3 Å². The van der Waals surface area contributed by atoms with E-state index in [9.17, 15) is 5.11 Å². The van der Waals surface area contributed by atoms with Gasteiger partial charge in [-0.15, -0.1) is 0 Å². The molecule has 2 heterocycles. The number of hydrogen-bond acceptors (Lipinski definition) is 6. The van der Waals surface area contributed by atoms with Crippen LogP contribution in [0, 0.1) is 0 Å². The Morgan fingerprint density at radius 3 is 2.60 bits per heavy atom. The molecule has 140 valence electrons. The summed E-state index contributed by atoms with van der Waals surface area (Å²) in [6.45, 7) is 6.34. The average Bonchev–Trinajstić information content (AvgIpc) is 3.16. The fourth-order valence-electron chi connectivity index (χ4n) is 3.44. The second kappa shape index (κ2) is 9.38. The van der Waals surface area contributed by atoms with Crippen LogP contribution in [0.4, 0.5) is 5.69 Å². The number of piperazine rings is 1. The summed E-state index contributed by atoms with van der Waals surface area (Å²) in [6, 6.07) is 8.19. The number of aliphatic hydroxyl groups is 1. The van der Waals surface area contributed by atoms with Crippen molar-refractivity contribution < 1.29 is 19.3 Å². The summed E-state index contributed by atoms with van der Waals surface area (Å²) >= 11 is 0. The van der Waals surface area contributed by atoms with Crippen molar-refractivity contribution in [3.63, 3.8) is 0 Å². The van der Waals surface area contributed by atoms with Crippen LogP contribution >= 0.6 is 0 Å². The Morgan fingerprint density at radius 2 is 1.96 bits per heavy atom. The zero-order valence-electron chi connectivity index (χ0n) is 15.1. The van der Waals surface area contributed by atoms with Gasteiger partial charge in [0.15, 0.2) is 0 Å². The molecule has 2 aliphatic heterocycles. The Bertz CT molecular complexity index is 497. The molecule has 1 aromatic rings. The van der Waals surface area contributed by atoms with E-state index < -0.39 is 6.10 Å². The number of rotatable bonds is 8. The molecule has 2 saturated heterocycles. The minimum atomic E-state index is -0.436. The maximum Gasteiger partial charge on any atom is 0.119 e. The molecule has 0 saturated carbocycles. The van der Waals surface area contributed by atoms with Crippen LogP contribution in [-0.4, -0.2) is 81.9 Å². The van der Waals surface area contributed by atoms with Crippen LogP contribution in [0.1, 0.15) is 12.8 Å². The van der Waals surface area contributed by atoms with Gasteiger partial charge in [-0.3, -0.25) is 4.90 Å². The number of anilines is 1. The van der Waals surface area contributed by atoms with Crippen molar-refractivity contribution >= 4 is 5.69 Å². The van der Waals surface area contributed by atoms with E-state index >= 15 is 0 Å². The maximum atomic E-state index is 10.2. The normalized spacial score (nSPS) is 23.0. The second-order valence-corrected chi connectivity index (χ2v) is 6.81. The van der Waals surface area contributed by atoms with Gasteiger partial charge in [-0.25, -0.2) is 0 Å². The smallest absolute Gasteiger partial charge is 0.119 e. The first-order valence-corrected chi connectivity index (χ1v) is 9.23. The van der Waals surface area contributed by atoms with Crippen molar-refractivity contribution in [2.45, 2.75) is 25.0 Å². The molecule has 0 spiro atoms. The summed E-state index contributed by atoms with van der Waals surface area (Å²) in [5.41, 5.74) is 1.22. The molecule has 0 bridgehead atoms. The van der Waals surface area contributed by atoms with Crippen LogP contribution in [0.5, 0.6) is 5.75 Å². The summed E-state index contributed by atoms with van der Waals surface area (Å²) in [4.78, 5) is 4.68. The van der Waals surface area contributed by atoms with Crippen molar-refractivity contribution in [3.8, 4) is 5.75 Å². The van der Waals surface area contributed by atoms with Gasteiger partial charge in [-0.05, 0) is 37.1 Å². The minimum Gasteiger partial charge on any atom is -0.497 e. The molecule has 6 heteroatoms.